The van der Waals surface area contributed by atoms with Gasteiger partial charge in [-0.15, -0.1) is 0 Å². The molecule has 2 saturated heterocycles. The molecule has 28 heavy (non-hydrogen) atoms. The third kappa shape index (κ3) is 4.08. The van der Waals surface area contributed by atoms with Crippen LogP contribution in [0, 0.1) is 6.92 Å². The number of carbonyl (C=O) groups excluding carboxylic acids is 4. The van der Waals surface area contributed by atoms with Crippen molar-refractivity contribution in [3.8, 4) is 0 Å². The summed E-state index contributed by atoms with van der Waals surface area (Å²) in [5.41, 5.74) is 1.34. The molecule has 2 atom stereocenters. The van der Waals surface area contributed by atoms with Crippen molar-refractivity contribution in [3.05, 3.63) is 35.4 Å². The first-order valence-corrected chi connectivity index (χ1v) is 9.52. The molecule has 0 N–H and O–H groups in total. The molecule has 0 aliphatic carbocycles. The molecule has 150 valence electrons. The molecule has 0 saturated carbocycles. The van der Waals surface area contributed by atoms with Crippen LogP contribution in [-0.2, 0) is 19.1 Å². The van der Waals surface area contributed by atoms with E-state index in [0.29, 0.717) is 17.9 Å². The van der Waals surface area contributed by atoms with Crippen molar-refractivity contribution in [2.24, 2.45) is 0 Å². The molecular weight excluding hydrogens is 360 g/mol. The van der Waals surface area contributed by atoms with Gasteiger partial charge in [-0.2, -0.15) is 4.90 Å². The number of benzene rings is 1. The highest BCUT2D eigenvalue weighted by Gasteiger charge is 2.46. The van der Waals surface area contributed by atoms with E-state index in [0.717, 1.165) is 11.1 Å². The number of rotatable bonds is 2. The molecule has 0 aromatic heterocycles. The Kier molecular flexibility index (Phi) is 5.28. The van der Waals surface area contributed by atoms with Gasteiger partial charge < -0.3 is 9.64 Å². The maximum atomic E-state index is 12.9. The number of piperidine rings is 1. The van der Waals surface area contributed by atoms with E-state index in [1.54, 1.807) is 20.8 Å². The average Bonchev–Trinajstić information content (AvgIpc) is 2.95. The lowest BCUT2D eigenvalue weighted by atomic mass is 9.96. The highest BCUT2D eigenvalue weighted by molar-refractivity contribution is 6.12. The van der Waals surface area contributed by atoms with E-state index in [-0.39, 0.29) is 24.7 Å². The molecule has 2 unspecified atom stereocenters. The van der Waals surface area contributed by atoms with Gasteiger partial charge in [-0.25, -0.2) is 4.79 Å². The average molecular weight is 386 g/mol. The number of likely N-dealkylation sites (tertiary alicyclic amines) is 2. The van der Waals surface area contributed by atoms with Crippen LogP contribution in [0.1, 0.15) is 57.1 Å². The number of carbonyl (C=O) groups is 4. The molecule has 1 aromatic carbocycles. The number of amides is 4. The minimum atomic E-state index is -0.978. The fourth-order valence-corrected chi connectivity index (χ4v) is 3.74. The Morgan fingerprint density at radius 2 is 1.86 bits per heavy atom. The Balaban J connectivity index is 1.77. The Labute approximate surface area is 164 Å². The quantitative estimate of drug-likeness (QED) is 0.730. The predicted molar refractivity (Wildman–Crippen MR) is 101 cm³/mol. The van der Waals surface area contributed by atoms with Gasteiger partial charge in [0, 0.05) is 25.3 Å². The van der Waals surface area contributed by atoms with E-state index < -0.39 is 29.6 Å². The first-order valence-electron chi connectivity index (χ1n) is 9.52. The van der Waals surface area contributed by atoms with Crippen LogP contribution in [-0.4, -0.2) is 51.8 Å². The fourth-order valence-electron chi connectivity index (χ4n) is 3.74. The number of hydrogen-bond acceptors (Lipinski definition) is 5. The van der Waals surface area contributed by atoms with Crippen molar-refractivity contribution < 1.29 is 23.9 Å². The van der Waals surface area contributed by atoms with Crippen molar-refractivity contribution in [3.63, 3.8) is 0 Å². The summed E-state index contributed by atoms with van der Waals surface area (Å²) in [4.78, 5) is 52.2. The van der Waals surface area contributed by atoms with Gasteiger partial charge in [0.2, 0.25) is 11.8 Å². The molecule has 3 rings (SSSR count). The van der Waals surface area contributed by atoms with Crippen molar-refractivity contribution in [1.29, 1.82) is 0 Å². The summed E-state index contributed by atoms with van der Waals surface area (Å²) in [6.45, 7) is 7.38. The molecule has 4 amide bonds. The molecule has 0 bridgehead atoms. The van der Waals surface area contributed by atoms with Crippen LogP contribution < -0.4 is 0 Å². The summed E-state index contributed by atoms with van der Waals surface area (Å²) in [5.74, 6) is -1.41. The van der Waals surface area contributed by atoms with Gasteiger partial charge in [-0.1, -0.05) is 29.8 Å². The van der Waals surface area contributed by atoms with E-state index in [1.165, 1.54) is 4.90 Å². The number of hydrogen-bond donors (Lipinski definition) is 0. The van der Waals surface area contributed by atoms with Crippen LogP contribution >= 0.6 is 0 Å². The molecular formula is C21H26N2O5. The van der Waals surface area contributed by atoms with E-state index in [2.05, 4.69) is 0 Å². The van der Waals surface area contributed by atoms with Crippen molar-refractivity contribution in [2.45, 2.75) is 64.5 Å². The topological polar surface area (TPSA) is 84.0 Å². The molecule has 2 heterocycles. The summed E-state index contributed by atoms with van der Waals surface area (Å²) in [5, 5.41) is 0. The number of aryl methyl sites for hydroxylation is 1. The van der Waals surface area contributed by atoms with Gasteiger partial charge in [0.1, 0.15) is 11.6 Å². The first kappa shape index (κ1) is 20.0. The minimum Gasteiger partial charge on any atom is -0.443 e. The minimum absolute atomic E-state index is 0.00666. The van der Waals surface area contributed by atoms with Crippen LogP contribution in [0.5, 0.6) is 0 Å². The Hall–Kier alpha value is -2.70. The molecule has 2 aliphatic heterocycles. The van der Waals surface area contributed by atoms with Gasteiger partial charge in [0.25, 0.3) is 5.91 Å². The summed E-state index contributed by atoms with van der Waals surface area (Å²) in [6.07, 6.45) is -0.417. The zero-order chi connectivity index (χ0) is 20.6. The van der Waals surface area contributed by atoms with Crippen molar-refractivity contribution >= 4 is 23.8 Å². The number of ether oxygens (including phenoxy) is 1. The SMILES string of the molecule is Cc1cccc(C2CC(=O)N(C3CCC(=O)N(C(=O)OC(C)(C)C)C3=O)C2)c1. The number of nitrogens with zero attached hydrogens (tertiary/aromatic N) is 2. The molecule has 7 nitrogen and oxygen atoms in total. The molecule has 2 aliphatic rings. The monoisotopic (exact) mass is 386 g/mol. The standard InChI is InChI=1S/C21H26N2O5/c1-13-6-5-7-14(10-13)15-11-18(25)22(12-15)16-8-9-17(24)23(19(16)26)20(27)28-21(2,3)4/h5-7,10,15-16H,8-9,11-12H2,1-4H3. The van der Waals surface area contributed by atoms with Gasteiger partial charge in [0.15, 0.2) is 0 Å². The Morgan fingerprint density at radius 1 is 1.14 bits per heavy atom. The lowest BCUT2D eigenvalue weighted by Gasteiger charge is -2.35. The molecule has 0 spiro atoms. The van der Waals surface area contributed by atoms with Crippen LogP contribution in [0.2, 0.25) is 0 Å². The van der Waals surface area contributed by atoms with Crippen molar-refractivity contribution in [1.82, 2.24) is 9.80 Å². The Morgan fingerprint density at radius 3 is 2.50 bits per heavy atom. The van der Waals surface area contributed by atoms with Gasteiger partial charge in [-0.3, -0.25) is 14.4 Å². The zero-order valence-electron chi connectivity index (χ0n) is 16.7. The largest absolute Gasteiger partial charge is 0.443 e. The van der Waals surface area contributed by atoms with E-state index in [4.69, 9.17) is 4.74 Å². The van der Waals surface area contributed by atoms with Crippen LogP contribution in [0.4, 0.5) is 4.79 Å². The lowest BCUT2D eigenvalue weighted by Crippen LogP contribution is -2.57. The molecule has 1 aromatic rings. The van der Waals surface area contributed by atoms with Gasteiger partial charge in [0.05, 0.1) is 0 Å². The second-order valence-electron chi connectivity index (χ2n) is 8.46. The Bertz CT molecular complexity index is 826. The zero-order valence-corrected chi connectivity index (χ0v) is 16.7. The lowest BCUT2D eigenvalue weighted by molar-refractivity contribution is -0.154. The van der Waals surface area contributed by atoms with Crippen molar-refractivity contribution in [2.75, 3.05) is 6.54 Å². The normalized spacial score (nSPS) is 23.4. The molecule has 2 fully saturated rings. The second-order valence-corrected chi connectivity index (χ2v) is 8.46. The summed E-state index contributed by atoms with van der Waals surface area (Å²) in [6, 6.07) is 7.15. The fraction of sp³-hybridized carbons (Fsp3) is 0.524. The number of imide groups is 3. The third-order valence-corrected chi connectivity index (χ3v) is 5.01. The van der Waals surface area contributed by atoms with Crippen LogP contribution in [0.3, 0.4) is 0 Å². The molecule has 0 radical (unpaired) electrons. The van der Waals surface area contributed by atoms with E-state index in [9.17, 15) is 19.2 Å². The maximum absolute atomic E-state index is 12.9. The van der Waals surface area contributed by atoms with Gasteiger partial charge >= 0.3 is 6.09 Å². The van der Waals surface area contributed by atoms with Crippen LogP contribution in [0.15, 0.2) is 24.3 Å². The smallest absolute Gasteiger partial charge is 0.424 e. The van der Waals surface area contributed by atoms with E-state index >= 15 is 0 Å². The maximum Gasteiger partial charge on any atom is 0.424 e. The highest BCUT2D eigenvalue weighted by atomic mass is 16.6. The third-order valence-electron chi connectivity index (χ3n) is 5.01. The summed E-state index contributed by atoms with van der Waals surface area (Å²) in [7, 11) is 0. The summed E-state index contributed by atoms with van der Waals surface area (Å²) >= 11 is 0. The van der Waals surface area contributed by atoms with E-state index in [1.807, 2.05) is 31.2 Å². The summed E-state index contributed by atoms with van der Waals surface area (Å²) < 4.78 is 5.20. The molecule has 7 heteroatoms. The first-order chi connectivity index (χ1) is 13.1. The highest BCUT2D eigenvalue weighted by Crippen LogP contribution is 2.32. The second kappa shape index (κ2) is 7.37. The predicted octanol–water partition coefficient (Wildman–Crippen LogP) is 2.76. The van der Waals surface area contributed by atoms with Crippen LogP contribution in [0.25, 0.3) is 0 Å². The van der Waals surface area contributed by atoms with Gasteiger partial charge in [-0.05, 0) is 39.7 Å².